The monoisotopic (exact) mass is 293 g/mol. The second-order valence-corrected chi connectivity index (χ2v) is 5.09. The van der Waals surface area contributed by atoms with E-state index in [1.807, 2.05) is 30.3 Å². The van der Waals surface area contributed by atoms with Crippen molar-refractivity contribution in [2.45, 2.75) is 45.4 Å². The van der Waals surface area contributed by atoms with E-state index in [1.165, 1.54) is 7.11 Å². The van der Waals surface area contributed by atoms with E-state index in [9.17, 15) is 9.59 Å². The lowest BCUT2D eigenvalue weighted by Crippen LogP contribution is -2.37. The first-order valence-corrected chi connectivity index (χ1v) is 7.01. The molecule has 1 aromatic rings. The lowest BCUT2D eigenvalue weighted by molar-refractivity contribution is -0.148. The number of amides is 1. The van der Waals surface area contributed by atoms with Gasteiger partial charge in [0.15, 0.2) is 0 Å². The number of carbonyl (C=O) groups is 2. The largest absolute Gasteiger partial charge is 0.463 e. The van der Waals surface area contributed by atoms with Crippen LogP contribution in [0.5, 0.6) is 0 Å². The summed E-state index contributed by atoms with van der Waals surface area (Å²) in [5, 5.41) is 2.82. The van der Waals surface area contributed by atoms with Crippen LogP contribution in [-0.4, -0.2) is 31.2 Å². The van der Waals surface area contributed by atoms with Gasteiger partial charge < -0.3 is 14.8 Å². The Kier molecular flexibility index (Phi) is 6.88. The van der Waals surface area contributed by atoms with Crippen LogP contribution in [0.1, 0.15) is 38.8 Å². The van der Waals surface area contributed by atoms with Crippen molar-refractivity contribution < 1.29 is 19.1 Å². The molecule has 0 saturated heterocycles. The molecule has 0 heterocycles. The molecule has 1 rings (SSSR count). The normalized spacial score (nSPS) is 13.6. The number of hydrogen-bond acceptors (Lipinski definition) is 4. The fraction of sp³-hybridized carbons (Fsp3) is 0.500. The molecule has 2 unspecified atom stereocenters. The van der Waals surface area contributed by atoms with Gasteiger partial charge in [0.1, 0.15) is 6.10 Å². The van der Waals surface area contributed by atoms with Gasteiger partial charge in [0, 0.05) is 7.11 Å². The highest BCUT2D eigenvalue weighted by Gasteiger charge is 2.22. The van der Waals surface area contributed by atoms with Crippen molar-refractivity contribution in [1.82, 2.24) is 5.32 Å². The first-order chi connectivity index (χ1) is 9.93. The molecule has 21 heavy (non-hydrogen) atoms. The van der Waals surface area contributed by atoms with Crippen molar-refractivity contribution in [3.8, 4) is 0 Å². The number of benzene rings is 1. The molecule has 0 saturated carbocycles. The Morgan fingerprint density at radius 1 is 1.14 bits per heavy atom. The molecule has 2 atom stereocenters. The highest BCUT2D eigenvalue weighted by atomic mass is 16.5. The molecule has 0 aromatic heterocycles. The Morgan fingerprint density at radius 3 is 2.29 bits per heavy atom. The fourth-order valence-corrected chi connectivity index (χ4v) is 1.81. The Labute approximate surface area is 125 Å². The predicted molar refractivity (Wildman–Crippen MR) is 79.6 cm³/mol. The number of esters is 1. The van der Waals surface area contributed by atoms with E-state index in [0.29, 0.717) is 0 Å². The van der Waals surface area contributed by atoms with E-state index < -0.39 is 12.1 Å². The fourth-order valence-electron chi connectivity index (χ4n) is 1.81. The van der Waals surface area contributed by atoms with Crippen LogP contribution in [0.3, 0.4) is 0 Å². The molecule has 5 nitrogen and oxygen atoms in total. The molecule has 116 valence electrons. The highest BCUT2D eigenvalue weighted by molar-refractivity contribution is 5.81. The van der Waals surface area contributed by atoms with Gasteiger partial charge in [-0.3, -0.25) is 9.59 Å². The van der Waals surface area contributed by atoms with Crippen LogP contribution in [0.15, 0.2) is 30.3 Å². The SMILES string of the molecule is COC(C)C(=O)NC(CC(=O)OC(C)C)c1ccccc1. The minimum absolute atomic E-state index is 0.0877. The summed E-state index contributed by atoms with van der Waals surface area (Å²) in [6.45, 7) is 5.24. The number of rotatable bonds is 7. The number of ether oxygens (including phenoxy) is 2. The third kappa shape index (κ3) is 5.95. The third-order valence-corrected chi connectivity index (χ3v) is 2.98. The number of hydrogen-bond donors (Lipinski definition) is 1. The standard InChI is InChI=1S/C16H23NO4/c1-11(2)21-15(18)10-14(13-8-6-5-7-9-13)17-16(19)12(3)20-4/h5-9,11-12,14H,10H2,1-4H3,(H,17,19). The molecule has 0 fully saturated rings. The second-order valence-electron chi connectivity index (χ2n) is 5.09. The zero-order valence-corrected chi connectivity index (χ0v) is 13.0. The quantitative estimate of drug-likeness (QED) is 0.783. The van der Waals surface area contributed by atoms with Crippen molar-refractivity contribution in [2.24, 2.45) is 0 Å². The molecule has 1 amide bonds. The van der Waals surface area contributed by atoms with Crippen molar-refractivity contribution in [1.29, 1.82) is 0 Å². The van der Waals surface area contributed by atoms with Crippen molar-refractivity contribution in [3.63, 3.8) is 0 Å². The van der Waals surface area contributed by atoms with Gasteiger partial charge in [-0.25, -0.2) is 0 Å². The van der Waals surface area contributed by atoms with Crippen molar-refractivity contribution in [2.75, 3.05) is 7.11 Å². The number of carbonyl (C=O) groups excluding carboxylic acids is 2. The van der Waals surface area contributed by atoms with Crippen LogP contribution >= 0.6 is 0 Å². The van der Waals surface area contributed by atoms with Gasteiger partial charge in [-0.1, -0.05) is 30.3 Å². The summed E-state index contributed by atoms with van der Waals surface area (Å²) in [6, 6.07) is 8.91. The van der Waals surface area contributed by atoms with E-state index in [1.54, 1.807) is 20.8 Å². The molecule has 0 radical (unpaired) electrons. The first-order valence-electron chi connectivity index (χ1n) is 7.01. The lowest BCUT2D eigenvalue weighted by Gasteiger charge is -2.21. The number of methoxy groups -OCH3 is 1. The zero-order valence-electron chi connectivity index (χ0n) is 13.0. The molecule has 1 N–H and O–H groups in total. The molecule has 0 aliphatic rings. The summed E-state index contributed by atoms with van der Waals surface area (Å²) in [5.41, 5.74) is 0.856. The summed E-state index contributed by atoms with van der Waals surface area (Å²) < 4.78 is 10.1. The average molecular weight is 293 g/mol. The van der Waals surface area contributed by atoms with Gasteiger partial charge in [-0.2, -0.15) is 0 Å². The molecule has 0 spiro atoms. The van der Waals surface area contributed by atoms with Crippen LogP contribution in [-0.2, 0) is 19.1 Å². The van der Waals surface area contributed by atoms with E-state index in [4.69, 9.17) is 9.47 Å². The molecule has 1 aromatic carbocycles. The zero-order chi connectivity index (χ0) is 15.8. The van der Waals surface area contributed by atoms with Gasteiger partial charge in [-0.15, -0.1) is 0 Å². The number of nitrogens with one attached hydrogen (secondary N) is 1. The highest BCUT2D eigenvalue weighted by Crippen LogP contribution is 2.18. The van der Waals surface area contributed by atoms with Gasteiger partial charge in [0.25, 0.3) is 0 Å². The Morgan fingerprint density at radius 2 is 1.76 bits per heavy atom. The van der Waals surface area contributed by atoms with Crippen LogP contribution in [0.25, 0.3) is 0 Å². The summed E-state index contributed by atoms with van der Waals surface area (Å²) in [6.07, 6.45) is -0.662. The molecule has 0 bridgehead atoms. The van der Waals surface area contributed by atoms with E-state index in [0.717, 1.165) is 5.56 Å². The Hall–Kier alpha value is -1.88. The molecule has 0 aliphatic heterocycles. The van der Waals surface area contributed by atoms with Gasteiger partial charge in [-0.05, 0) is 26.3 Å². The third-order valence-electron chi connectivity index (χ3n) is 2.98. The van der Waals surface area contributed by atoms with Crippen LogP contribution in [0, 0.1) is 0 Å². The predicted octanol–water partition coefficient (Wildman–Crippen LogP) is 2.22. The van der Waals surface area contributed by atoms with Crippen molar-refractivity contribution in [3.05, 3.63) is 35.9 Å². The summed E-state index contributed by atoms with van der Waals surface area (Å²) in [4.78, 5) is 23.8. The average Bonchev–Trinajstić information content (AvgIpc) is 2.45. The maximum absolute atomic E-state index is 12.0. The first kappa shape index (κ1) is 17.2. The maximum atomic E-state index is 12.0. The van der Waals surface area contributed by atoms with E-state index in [2.05, 4.69) is 5.32 Å². The minimum atomic E-state index is -0.572. The van der Waals surface area contributed by atoms with Gasteiger partial charge >= 0.3 is 5.97 Å². The molecular formula is C16H23NO4. The van der Waals surface area contributed by atoms with Crippen LogP contribution in [0.4, 0.5) is 0 Å². The summed E-state index contributed by atoms with van der Waals surface area (Å²) in [5.74, 6) is -0.604. The molecular weight excluding hydrogens is 270 g/mol. The second kappa shape index (κ2) is 8.42. The summed E-state index contributed by atoms with van der Waals surface area (Å²) in [7, 11) is 1.47. The smallest absolute Gasteiger partial charge is 0.308 e. The van der Waals surface area contributed by atoms with Gasteiger partial charge in [0.2, 0.25) is 5.91 Å². The molecule has 5 heteroatoms. The van der Waals surface area contributed by atoms with Crippen LogP contribution in [0.2, 0.25) is 0 Å². The van der Waals surface area contributed by atoms with E-state index in [-0.39, 0.29) is 24.4 Å². The van der Waals surface area contributed by atoms with E-state index >= 15 is 0 Å². The minimum Gasteiger partial charge on any atom is -0.463 e. The van der Waals surface area contributed by atoms with Crippen molar-refractivity contribution >= 4 is 11.9 Å². The lowest BCUT2D eigenvalue weighted by atomic mass is 10.0. The van der Waals surface area contributed by atoms with Crippen LogP contribution < -0.4 is 5.32 Å². The Balaban J connectivity index is 2.80. The summed E-state index contributed by atoms with van der Waals surface area (Å²) >= 11 is 0. The molecule has 0 aliphatic carbocycles. The topological polar surface area (TPSA) is 64.6 Å². The maximum Gasteiger partial charge on any atom is 0.308 e. The Bertz CT molecular complexity index is 459. The van der Waals surface area contributed by atoms with Gasteiger partial charge in [0.05, 0.1) is 18.6 Å².